The van der Waals surface area contributed by atoms with Crippen molar-refractivity contribution in [2.75, 3.05) is 38.7 Å². The third kappa shape index (κ3) is 10.1. The molecule has 3 heterocycles. The number of nitrogens with zero attached hydrogens (tertiary/aromatic N) is 6. The van der Waals surface area contributed by atoms with Gasteiger partial charge in [0.25, 0.3) is 11.8 Å². The molecule has 276 valence electrons. The van der Waals surface area contributed by atoms with Crippen LogP contribution < -0.4 is 20.7 Å². The number of likely N-dealkylation sites (N-methyl/N-ethyl adjacent to an activating group) is 1. The molecule has 3 aromatic rings. The van der Waals surface area contributed by atoms with Crippen molar-refractivity contribution >= 4 is 46.6 Å². The maximum absolute atomic E-state index is 13.5. The van der Waals surface area contributed by atoms with Crippen LogP contribution in [0, 0.1) is 6.92 Å². The lowest BCUT2D eigenvalue weighted by atomic mass is 10.1. The molecule has 1 unspecified atom stereocenters. The summed E-state index contributed by atoms with van der Waals surface area (Å²) in [7, 11) is 1.52. The average Bonchev–Trinajstić information content (AvgIpc) is 3.76. The summed E-state index contributed by atoms with van der Waals surface area (Å²) in [6.07, 6.45) is 3.92. The van der Waals surface area contributed by atoms with Gasteiger partial charge in [-0.25, -0.2) is 14.6 Å². The van der Waals surface area contributed by atoms with Gasteiger partial charge in [0.1, 0.15) is 28.6 Å². The van der Waals surface area contributed by atoms with Gasteiger partial charge in [-0.3, -0.25) is 24.6 Å². The summed E-state index contributed by atoms with van der Waals surface area (Å²) in [6, 6.07) is 4.49. The van der Waals surface area contributed by atoms with Crippen molar-refractivity contribution in [3.8, 4) is 5.75 Å². The van der Waals surface area contributed by atoms with E-state index in [2.05, 4.69) is 26.2 Å². The molecule has 3 amide bonds. The van der Waals surface area contributed by atoms with Gasteiger partial charge in [0, 0.05) is 57.3 Å². The van der Waals surface area contributed by atoms with Crippen LogP contribution in [-0.4, -0.2) is 98.9 Å². The summed E-state index contributed by atoms with van der Waals surface area (Å²) in [5.74, 6) is -0.543. The fourth-order valence-electron chi connectivity index (χ4n) is 5.46. The molecule has 0 bridgehead atoms. The summed E-state index contributed by atoms with van der Waals surface area (Å²) < 4.78 is 20.4. The summed E-state index contributed by atoms with van der Waals surface area (Å²) in [4.78, 5) is 55.8. The molecule has 51 heavy (non-hydrogen) atoms. The van der Waals surface area contributed by atoms with Gasteiger partial charge in [-0.2, -0.15) is 10.2 Å². The Morgan fingerprint density at radius 3 is 2.47 bits per heavy atom. The second kappa shape index (κ2) is 17.0. The molecule has 1 aliphatic heterocycles. The number of allylic oxidation sites excluding steroid dienone is 1. The molecule has 16 nitrogen and oxygen atoms in total. The number of ether oxygens (including phenoxy) is 3. The predicted octanol–water partition coefficient (Wildman–Crippen LogP) is 4.04. The molecule has 16 heteroatoms. The fourth-order valence-corrected chi connectivity index (χ4v) is 5.46. The largest absolute Gasteiger partial charge is 0.491 e. The highest BCUT2D eigenvalue weighted by atomic mass is 16.6. The quantitative estimate of drug-likeness (QED) is 0.118. The number of benzene rings is 1. The molecule has 4 rings (SSSR count). The van der Waals surface area contributed by atoms with Gasteiger partial charge in [0.2, 0.25) is 5.95 Å². The van der Waals surface area contributed by atoms with E-state index in [1.165, 1.54) is 7.05 Å². The van der Waals surface area contributed by atoms with Gasteiger partial charge in [0.15, 0.2) is 0 Å². The van der Waals surface area contributed by atoms with Crippen LogP contribution in [0.25, 0.3) is 11.0 Å². The Labute approximate surface area is 297 Å². The van der Waals surface area contributed by atoms with E-state index in [1.807, 2.05) is 27.7 Å². The average molecular weight is 708 g/mol. The maximum Gasteiger partial charge on any atom is 0.407 e. The second-order valence-electron chi connectivity index (χ2n) is 12.9. The molecule has 0 saturated carbocycles. The first-order valence-electron chi connectivity index (χ1n) is 17.1. The normalized spacial score (nSPS) is 14.5. The van der Waals surface area contributed by atoms with E-state index >= 15 is 0 Å². The third-order valence-electron chi connectivity index (χ3n) is 7.71. The van der Waals surface area contributed by atoms with Crippen molar-refractivity contribution in [2.24, 2.45) is 5.10 Å². The van der Waals surface area contributed by atoms with Crippen LogP contribution >= 0.6 is 0 Å². The monoisotopic (exact) mass is 707 g/mol. The van der Waals surface area contributed by atoms with E-state index in [9.17, 15) is 19.2 Å². The number of carbonyl (C=O) groups excluding carboxylic acids is 4. The van der Waals surface area contributed by atoms with E-state index in [0.29, 0.717) is 59.7 Å². The SMILES string of the molecule is CCN1N=C(C)CC1C(=O)OCCCOc1cc(C(=O)NC)cc2nc(NC(=O)c3cc(C)nn3CC)n(C/C=C/CNC(=O)OC(C)(C)C)c12. The molecule has 2 aromatic heterocycles. The van der Waals surface area contributed by atoms with Crippen molar-refractivity contribution in [3.63, 3.8) is 0 Å². The topological polar surface area (TPSA) is 183 Å². The van der Waals surface area contributed by atoms with Crippen LogP contribution in [0.2, 0.25) is 0 Å². The number of rotatable bonds is 15. The third-order valence-corrected chi connectivity index (χ3v) is 7.71. The molecule has 1 aromatic carbocycles. The molecule has 1 aliphatic rings. The number of alkyl carbamates (subject to hydrolysis) is 1. The number of hydrogen-bond donors (Lipinski definition) is 3. The Balaban J connectivity index is 1.59. The highest BCUT2D eigenvalue weighted by molar-refractivity contribution is 6.04. The standard InChI is InChI=1S/C35H49N9O7/c1-9-43-26(18-22(3)40-43)31(46)39-33-38-25-20-24(30(45)36-8)21-28(29(25)42(33)15-12-11-14-37-34(48)51-35(5,6)7)49-16-13-17-50-32(47)27-19-23(4)41-44(27)10-2/h11-12,18,20-21,27H,9-10,13-17,19H2,1-8H3,(H,36,45)(H,37,48)(H,38,39,46)/b12-11+. The molecule has 0 saturated heterocycles. The number of esters is 1. The number of hydrogen-bond acceptors (Lipinski definition) is 11. The van der Waals surface area contributed by atoms with Crippen molar-refractivity contribution in [3.05, 3.63) is 47.3 Å². The fraction of sp³-hybridized carbons (Fsp3) is 0.514. The van der Waals surface area contributed by atoms with Crippen LogP contribution in [0.15, 0.2) is 35.5 Å². The van der Waals surface area contributed by atoms with Gasteiger partial charge in [-0.05, 0) is 66.7 Å². The minimum atomic E-state index is -0.631. The van der Waals surface area contributed by atoms with Gasteiger partial charge < -0.3 is 29.4 Å². The van der Waals surface area contributed by atoms with Crippen molar-refractivity contribution in [2.45, 2.75) is 86.0 Å². The zero-order chi connectivity index (χ0) is 37.3. The van der Waals surface area contributed by atoms with E-state index in [1.54, 1.807) is 65.4 Å². The number of amides is 3. The molecule has 0 spiro atoms. The van der Waals surface area contributed by atoms with Crippen molar-refractivity contribution in [1.29, 1.82) is 0 Å². The number of carbonyl (C=O) groups is 4. The van der Waals surface area contributed by atoms with Crippen LogP contribution in [-0.2, 0) is 27.4 Å². The lowest BCUT2D eigenvalue weighted by Crippen LogP contribution is -2.36. The summed E-state index contributed by atoms with van der Waals surface area (Å²) in [5.41, 5.74) is 2.55. The Morgan fingerprint density at radius 2 is 1.78 bits per heavy atom. The molecule has 0 fully saturated rings. The number of aromatic nitrogens is 4. The zero-order valence-electron chi connectivity index (χ0n) is 30.7. The molecular formula is C35H49N9O7. The van der Waals surface area contributed by atoms with E-state index in [-0.39, 0.29) is 44.1 Å². The summed E-state index contributed by atoms with van der Waals surface area (Å²) in [6.45, 7) is 14.7. The van der Waals surface area contributed by atoms with Gasteiger partial charge in [-0.1, -0.05) is 12.2 Å². The van der Waals surface area contributed by atoms with Crippen LogP contribution in [0.3, 0.4) is 0 Å². The first-order valence-corrected chi connectivity index (χ1v) is 17.1. The Bertz CT molecular complexity index is 1800. The van der Waals surface area contributed by atoms with E-state index < -0.39 is 23.6 Å². The zero-order valence-corrected chi connectivity index (χ0v) is 30.7. The molecule has 3 N–H and O–H groups in total. The Morgan fingerprint density at radius 1 is 1.02 bits per heavy atom. The molecule has 0 radical (unpaired) electrons. The molecule has 1 atom stereocenters. The predicted molar refractivity (Wildman–Crippen MR) is 192 cm³/mol. The first kappa shape index (κ1) is 38.4. The maximum atomic E-state index is 13.5. The number of nitrogens with one attached hydrogen (secondary N) is 3. The number of hydrazone groups is 1. The number of anilines is 1. The molecular weight excluding hydrogens is 658 g/mol. The van der Waals surface area contributed by atoms with Gasteiger partial charge in [-0.15, -0.1) is 0 Å². The van der Waals surface area contributed by atoms with Gasteiger partial charge in [0.05, 0.1) is 24.4 Å². The smallest absolute Gasteiger partial charge is 0.407 e. The molecule has 0 aliphatic carbocycles. The van der Waals surface area contributed by atoms with Crippen LogP contribution in [0.1, 0.15) is 80.9 Å². The first-order chi connectivity index (χ1) is 24.2. The number of imidazole rings is 1. The minimum Gasteiger partial charge on any atom is -0.491 e. The van der Waals surface area contributed by atoms with E-state index in [0.717, 1.165) is 5.71 Å². The minimum absolute atomic E-state index is 0.128. The van der Waals surface area contributed by atoms with Crippen molar-refractivity contribution in [1.82, 2.24) is 35.0 Å². The number of fused-ring (bicyclic) bond motifs is 1. The van der Waals surface area contributed by atoms with Crippen molar-refractivity contribution < 1.29 is 33.4 Å². The Hall–Kier alpha value is -5.41. The van der Waals surface area contributed by atoms with Crippen LogP contribution in [0.4, 0.5) is 10.7 Å². The lowest BCUT2D eigenvalue weighted by Gasteiger charge is -2.20. The number of aryl methyl sites for hydroxylation is 2. The highest BCUT2D eigenvalue weighted by Gasteiger charge is 2.31. The summed E-state index contributed by atoms with van der Waals surface area (Å²) >= 11 is 0. The van der Waals surface area contributed by atoms with E-state index in [4.69, 9.17) is 19.2 Å². The second-order valence-corrected chi connectivity index (χ2v) is 12.9. The Kier molecular flexibility index (Phi) is 12.8. The van der Waals surface area contributed by atoms with Crippen LogP contribution in [0.5, 0.6) is 5.75 Å². The lowest BCUT2D eigenvalue weighted by molar-refractivity contribution is -0.149. The summed E-state index contributed by atoms with van der Waals surface area (Å²) in [5, 5.41) is 18.7. The highest BCUT2D eigenvalue weighted by Crippen LogP contribution is 2.31. The van der Waals surface area contributed by atoms with Gasteiger partial charge >= 0.3 is 12.1 Å².